The molecule has 0 aliphatic carbocycles. The molecule has 2 rings (SSSR count). The van der Waals surface area contributed by atoms with Crippen molar-refractivity contribution >= 4 is 12.1 Å². The zero-order valence-corrected chi connectivity index (χ0v) is 7.49. The maximum Gasteiger partial charge on any atom is 0.147 e. The van der Waals surface area contributed by atoms with Gasteiger partial charge in [0.1, 0.15) is 5.84 Å². The van der Waals surface area contributed by atoms with Crippen LogP contribution in [0, 0.1) is 5.92 Å². The molecule has 0 radical (unpaired) electrons. The van der Waals surface area contributed by atoms with Gasteiger partial charge in [0.25, 0.3) is 0 Å². The molecule has 0 unspecified atom stereocenters. The van der Waals surface area contributed by atoms with Crippen molar-refractivity contribution in [2.24, 2.45) is 16.0 Å². The minimum absolute atomic E-state index is 0.538. The Hall–Kier alpha value is -1.12. The third-order valence-corrected chi connectivity index (χ3v) is 2.16. The summed E-state index contributed by atoms with van der Waals surface area (Å²) in [6, 6.07) is 0. The summed E-state index contributed by atoms with van der Waals surface area (Å²) < 4.78 is 0. The van der Waals surface area contributed by atoms with Gasteiger partial charge in [0, 0.05) is 11.8 Å². The van der Waals surface area contributed by atoms with Gasteiger partial charge in [-0.2, -0.15) is 5.10 Å². The molecule has 0 aromatic heterocycles. The van der Waals surface area contributed by atoms with Crippen LogP contribution < -0.4 is 0 Å². The van der Waals surface area contributed by atoms with E-state index in [1.54, 1.807) is 0 Å². The number of nitrogens with zero attached hydrogens (tertiary/aromatic N) is 3. The zero-order valence-electron chi connectivity index (χ0n) is 7.49. The predicted molar refractivity (Wildman–Crippen MR) is 50.4 cm³/mol. The Balaban J connectivity index is 2.32. The molecule has 0 aromatic carbocycles. The van der Waals surface area contributed by atoms with E-state index in [1.165, 1.54) is 5.57 Å². The van der Waals surface area contributed by atoms with Crippen molar-refractivity contribution in [3.8, 4) is 0 Å². The Morgan fingerprint density at radius 1 is 1.50 bits per heavy atom. The molecule has 64 valence electrons. The number of hydrogen-bond donors (Lipinski definition) is 0. The molecule has 0 bridgehead atoms. The van der Waals surface area contributed by atoms with Crippen molar-refractivity contribution in [2.45, 2.75) is 13.8 Å². The van der Waals surface area contributed by atoms with Crippen molar-refractivity contribution in [1.29, 1.82) is 0 Å². The van der Waals surface area contributed by atoms with Crippen molar-refractivity contribution in [2.75, 3.05) is 13.1 Å². The van der Waals surface area contributed by atoms with Gasteiger partial charge < -0.3 is 0 Å². The first-order valence-corrected chi connectivity index (χ1v) is 4.35. The van der Waals surface area contributed by atoms with Crippen LogP contribution in [0.2, 0.25) is 0 Å². The minimum Gasteiger partial charge on any atom is -0.265 e. The van der Waals surface area contributed by atoms with Gasteiger partial charge in [-0.25, -0.2) is 5.01 Å². The van der Waals surface area contributed by atoms with Crippen molar-refractivity contribution < 1.29 is 0 Å². The highest BCUT2D eigenvalue weighted by atomic mass is 15.5. The Bertz CT molecular complexity index is 273. The van der Waals surface area contributed by atoms with Gasteiger partial charge in [0.15, 0.2) is 0 Å². The lowest BCUT2D eigenvalue weighted by Crippen LogP contribution is -2.28. The van der Waals surface area contributed by atoms with Gasteiger partial charge in [-0.05, 0) is 12.0 Å². The largest absolute Gasteiger partial charge is 0.265 e. The molecule has 12 heavy (non-hydrogen) atoms. The van der Waals surface area contributed by atoms with Gasteiger partial charge in [-0.3, -0.25) is 4.99 Å². The van der Waals surface area contributed by atoms with Crippen LogP contribution >= 0.6 is 0 Å². The van der Waals surface area contributed by atoms with Crippen LogP contribution in [0.3, 0.4) is 0 Å². The van der Waals surface area contributed by atoms with Gasteiger partial charge in [0.05, 0.1) is 13.1 Å². The molecule has 0 aromatic rings. The van der Waals surface area contributed by atoms with Crippen LogP contribution in [0.4, 0.5) is 0 Å². The van der Waals surface area contributed by atoms with Crippen molar-refractivity contribution in [3.63, 3.8) is 0 Å². The summed E-state index contributed by atoms with van der Waals surface area (Å²) in [5.74, 6) is 1.61. The third-order valence-electron chi connectivity index (χ3n) is 2.16. The number of allylic oxidation sites excluding steroid dienone is 1. The quantitative estimate of drug-likeness (QED) is 0.572. The van der Waals surface area contributed by atoms with E-state index in [-0.39, 0.29) is 0 Å². The summed E-state index contributed by atoms with van der Waals surface area (Å²) in [6.07, 6.45) is 3.92. The SMILES string of the molecule is CC(C)C1=CC=NN2CCN=C12. The average Bonchev–Trinajstić information content (AvgIpc) is 2.49. The summed E-state index contributed by atoms with van der Waals surface area (Å²) in [7, 11) is 0. The number of fused-ring (bicyclic) bond motifs is 1. The van der Waals surface area contributed by atoms with Gasteiger partial charge in [-0.1, -0.05) is 13.8 Å². The van der Waals surface area contributed by atoms with E-state index in [1.807, 2.05) is 11.2 Å². The Kier molecular flexibility index (Phi) is 1.71. The fraction of sp³-hybridized carbons (Fsp3) is 0.556. The molecule has 2 aliphatic rings. The minimum atomic E-state index is 0.538. The first-order valence-electron chi connectivity index (χ1n) is 4.35. The molecule has 0 saturated heterocycles. The average molecular weight is 163 g/mol. The lowest BCUT2D eigenvalue weighted by atomic mass is 10.0. The summed E-state index contributed by atoms with van der Waals surface area (Å²) in [4.78, 5) is 4.42. The van der Waals surface area contributed by atoms with E-state index in [0.29, 0.717) is 5.92 Å². The van der Waals surface area contributed by atoms with Gasteiger partial charge >= 0.3 is 0 Å². The third kappa shape index (κ3) is 1.05. The summed E-state index contributed by atoms with van der Waals surface area (Å²) in [5, 5.41) is 6.21. The molecule has 2 aliphatic heterocycles. The molecule has 0 fully saturated rings. The monoisotopic (exact) mass is 163 g/mol. The summed E-state index contributed by atoms with van der Waals surface area (Å²) >= 11 is 0. The van der Waals surface area contributed by atoms with E-state index in [0.717, 1.165) is 18.9 Å². The summed E-state index contributed by atoms with van der Waals surface area (Å²) in [5.41, 5.74) is 1.31. The molecule has 2 heterocycles. The van der Waals surface area contributed by atoms with E-state index in [4.69, 9.17) is 0 Å². The number of amidine groups is 1. The predicted octanol–water partition coefficient (Wildman–Crippen LogP) is 1.28. The number of rotatable bonds is 1. The van der Waals surface area contributed by atoms with E-state index in [9.17, 15) is 0 Å². The second-order valence-electron chi connectivity index (χ2n) is 3.37. The van der Waals surface area contributed by atoms with E-state index in [2.05, 4.69) is 30.0 Å². The molecule has 0 atom stereocenters. The maximum atomic E-state index is 4.42. The molecule has 3 heteroatoms. The molecular weight excluding hydrogens is 150 g/mol. The maximum absolute atomic E-state index is 4.42. The standard InChI is InChI=1S/C9H13N3/c1-7(2)8-3-4-11-12-6-5-10-9(8)12/h3-4,7H,5-6H2,1-2H3. The highest BCUT2D eigenvalue weighted by Crippen LogP contribution is 2.19. The van der Waals surface area contributed by atoms with Crippen LogP contribution in [0.25, 0.3) is 0 Å². The Morgan fingerprint density at radius 2 is 2.33 bits per heavy atom. The van der Waals surface area contributed by atoms with Crippen molar-refractivity contribution in [3.05, 3.63) is 11.6 Å². The number of aliphatic imine (C=N–C) groups is 1. The van der Waals surface area contributed by atoms with Gasteiger partial charge in [0.2, 0.25) is 0 Å². The molecule has 0 amide bonds. The van der Waals surface area contributed by atoms with E-state index < -0.39 is 0 Å². The topological polar surface area (TPSA) is 28.0 Å². The fourth-order valence-corrected chi connectivity index (χ4v) is 1.51. The number of hydrazone groups is 1. The lowest BCUT2D eigenvalue weighted by Gasteiger charge is -2.21. The molecule has 0 N–H and O–H groups in total. The highest BCUT2D eigenvalue weighted by molar-refractivity contribution is 6.04. The van der Waals surface area contributed by atoms with Crippen LogP contribution in [0.1, 0.15) is 13.8 Å². The van der Waals surface area contributed by atoms with Crippen LogP contribution in [0.5, 0.6) is 0 Å². The van der Waals surface area contributed by atoms with Crippen molar-refractivity contribution in [1.82, 2.24) is 5.01 Å². The fourth-order valence-electron chi connectivity index (χ4n) is 1.51. The first-order chi connectivity index (χ1) is 5.79. The molecular formula is C9H13N3. The normalized spacial score (nSPS) is 21.1. The molecule has 0 saturated carbocycles. The Morgan fingerprint density at radius 3 is 3.08 bits per heavy atom. The smallest absolute Gasteiger partial charge is 0.147 e. The lowest BCUT2D eigenvalue weighted by molar-refractivity contribution is 0.484. The molecule has 0 spiro atoms. The van der Waals surface area contributed by atoms with Crippen LogP contribution in [0.15, 0.2) is 21.7 Å². The zero-order chi connectivity index (χ0) is 8.55. The van der Waals surface area contributed by atoms with Crippen LogP contribution in [-0.4, -0.2) is 30.1 Å². The number of hydrogen-bond acceptors (Lipinski definition) is 3. The van der Waals surface area contributed by atoms with Crippen LogP contribution in [-0.2, 0) is 0 Å². The Labute approximate surface area is 72.5 Å². The second-order valence-corrected chi connectivity index (χ2v) is 3.37. The summed E-state index contributed by atoms with van der Waals surface area (Å²) in [6.45, 7) is 6.20. The highest BCUT2D eigenvalue weighted by Gasteiger charge is 2.23. The second kappa shape index (κ2) is 2.73. The van der Waals surface area contributed by atoms with E-state index >= 15 is 0 Å². The first kappa shape index (κ1) is 7.53. The van der Waals surface area contributed by atoms with Gasteiger partial charge in [-0.15, -0.1) is 0 Å². The molecule has 3 nitrogen and oxygen atoms in total.